The van der Waals surface area contributed by atoms with Gasteiger partial charge in [0.2, 0.25) is 0 Å². The van der Waals surface area contributed by atoms with Gasteiger partial charge in [-0.05, 0) is 56.4 Å². The van der Waals surface area contributed by atoms with Gasteiger partial charge in [0.25, 0.3) is 0 Å². The van der Waals surface area contributed by atoms with Crippen LogP contribution in [0.5, 0.6) is 0 Å². The Morgan fingerprint density at radius 2 is 2.21 bits per heavy atom. The van der Waals surface area contributed by atoms with E-state index in [0.717, 1.165) is 12.3 Å². The molecule has 19 heavy (non-hydrogen) atoms. The van der Waals surface area contributed by atoms with E-state index in [9.17, 15) is 4.79 Å². The van der Waals surface area contributed by atoms with Crippen molar-refractivity contribution in [2.45, 2.75) is 53.1 Å². The molecule has 1 N–H and O–H groups in total. The summed E-state index contributed by atoms with van der Waals surface area (Å²) in [6.07, 6.45) is 5.87. The number of carbonyl (C=O) groups excluding carboxylic acids is 1. The third kappa shape index (κ3) is 2.99. The van der Waals surface area contributed by atoms with Crippen LogP contribution < -0.4 is 5.43 Å². The summed E-state index contributed by atoms with van der Waals surface area (Å²) in [6.45, 7) is 10.1. The van der Waals surface area contributed by atoms with Crippen LogP contribution in [0.25, 0.3) is 0 Å². The summed E-state index contributed by atoms with van der Waals surface area (Å²) in [5.41, 5.74) is 3.54. The molecule has 4 heteroatoms. The number of nitrogens with zero attached hydrogens (tertiary/aromatic N) is 1. The number of carbonyl (C=O) groups is 1. The van der Waals surface area contributed by atoms with E-state index in [1.165, 1.54) is 12.0 Å². The minimum Gasteiger partial charge on any atom is -0.443 e. The van der Waals surface area contributed by atoms with Gasteiger partial charge in [0.05, 0.1) is 6.21 Å². The zero-order chi connectivity index (χ0) is 14.3. The molecule has 3 aliphatic carbocycles. The molecule has 0 aromatic carbocycles. The van der Waals surface area contributed by atoms with Crippen molar-refractivity contribution >= 4 is 12.3 Å². The first-order valence-electron chi connectivity index (χ1n) is 6.92. The third-order valence-corrected chi connectivity index (χ3v) is 4.28. The molecule has 4 nitrogen and oxygen atoms in total. The fourth-order valence-corrected chi connectivity index (χ4v) is 3.01. The molecule has 0 heterocycles. The molecule has 0 radical (unpaired) electrons. The Morgan fingerprint density at radius 3 is 2.74 bits per heavy atom. The number of hydrazone groups is 1. The maximum absolute atomic E-state index is 11.5. The highest BCUT2D eigenvalue weighted by molar-refractivity contribution is 5.81. The lowest BCUT2D eigenvalue weighted by atomic mass is 9.49. The molecule has 1 fully saturated rings. The monoisotopic (exact) mass is 264 g/mol. The van der Waals surface area contributed by atoms with Crippen molar-refractivity contribution < 1.29 is 9.53 Å². The number of rotatable bonds is 2. The molecule has 3 aliphatic rings. The van der Waals surface area contributed by atoms with Crippen molar-refractivity contribution in [2.24, 2.45) is 22.4 Å². The molecule has 3 rings (SSSR count). The summed E-state index contributed by atoms with van der Waals surface area (Å²) >= 11 is 0. The molecule has 2 atom stereocenters. The first-order chi connectivity index (χ1) is 8.70. The fraction of sp³-hybridized carbons (Fsp3) is 0.733. The third-order valence-electron chi connectivity index (χ3n) is 4.28. The number of allylic oxidation sites excluding steroid dienone is 2. The van der Waals surface area contributed by atoms with Crippen molar-refractivity contribution in [1.29, 1.82) is 0 Å². The quantitative estimate of drug-likeness (QED) is 0.613. The Labute approximate surface area is 115 Å². The Balaban J connectivity index is 1.87. The van der Waals surface area contributed by atoms with Gasteiger partial charge in [0, 0.05) is 0 Å². The topological polar surface area (TPSA) is 50.7 Å². The van der Waals surface area contributed by atoms with Crippen LogP contribution in [0, 0.1) is 17.3 Å². The van der Waals surface area contributed by atoms with Gasteiger partial charge >= 0.3 is 6.09 Å². The standard InChI is InChI=1S/C15H24N2O2/c1-14(2,3)19-13(18)17-16-9-10-6-7-11-8-12(10)15(11,4)5/h6,9,11-12H,7-8H2,1-5H3,(H,17,18)/b16-9-/t11-,12+/m1/s1. The Morgan fingerprint density at radius 1 is 1.53 bits per heavy atom. The van der Waals surface area contributed by atoms with Crippen molar-refractivity contribution in [1.82, 2.24) is 5.43 Å². The van der Waals surface area contributed by atoms with Crippen molar-refractivity contribution in [3.8, 4) is 0 Å². The van der Waals surface area contributed by atoms with Gasteiger partial charge in [-0.25, -0.2) is 10.2 Å². The maximum atomic E-state index is 11.5. The van der Waals surface area contributed by atoms with E-state index in [1.807, 2.05) is 20.8 Å². The highest BCUT2D eigenvalue weighted by atomic mass is 16.6. The van der Waals surface area contributed by atoms with Gasteiger partial charge in [0.15, 0.2) is 0 Å². The lowest BCUT2D eigenvalue weighted by Crippen LogP contribution is -2.48. The molecule has 1 saturated carbocycles. The average Bonchev–Trinajstić information content (AvgIpc) is 2.26. The smallest absolute Gasteiger partial charge is 0.428 e. The van der Waals surface area contributed by atoms with Crippen molar-refractivity contribution in [3.63, 3.8) is 0 Å². The number of nitrogens with one attached hydrogen (secondary N) is 1. The van der Waals surface area contributed by atoms with E-state index in [2.05, 4.69) is 30.5 Å². The van der Waals surface area contributed by atoms with E-state index in [4.69, 9.17) is 4.74 Å². The Kier molecular flexibility index (Phi) is 3.45. The number of amides is 1. The molecule has 0 spiro atoms. The highest BCUT2D eigenvalue weighted by Crippen LogP contribution is 2.58. The fourth-order valence-electron chi connectivity index (χ4n) is 3.01. The largest absolute Gasteiger partial charge is 0.443 e. The summed E-state index contributed by atoms with van der Waals surface area (Å²) in [5.74, 6) is 1.39. The predicted octanol–water partition coefficient (Wildman–Crippen LogP) is 3.49. The van der Waals surface area contributed by atoms with Gasteiger partial charge in [-0.15, -0.1) is 0 Å². The lowest BCUT2D eigenvalue weighted by Gasteiger charge is -2.55. The summed E-state index contributed by atoms with van der Waals surface area (Å²) in [7, 11) is 0. The Hall–Kier alpha value is -1.32. The van der Waals surface area contributed by atoms with Crippen molar-refractivity contribution in [3.05, 3.63) is 11.6 Å². The summed E-state index contributed by atoms with van der Waals surface area (Å²) in [5, 5.41) is 4.00. The van der Waals surface area contributed by atoms with E-state index >= 15 is 0 Å². The van der Waals surface area contributed by atoms with Crippen LogP contribution in [-0.2, 0) is 4.74 Å². The molecule has 0 aromatic heterocycles. The molecule has 2 bridgehead atoms. The number of fused-ring (bicyclic) bond motifs is 1. The van der Waals surface area contributed by atoms with E-state index in [1.54, 1.807) is 6.21 Å². The molecule has 0 unspecified atom stereocenters. The number of hydrogen-bond donors (Lipinski definition) is 1. The second kappa shape index (κ2) is 4.66. The van der Waals surface area contributed by atoms with Gasteiger partial charge < -0.3 is 4.74 Å². The molecule has 1 amide bonds. The Bertz CT molecular complexity index is 430. The summed E-state index contributed by atoms with van der Waals surface area (Å²) in [6, 6.07) is 0. The van der Waals surface area contributed by atoms with E-state index in [-0.39, 0.29) is 0 Å². The molecular weight excluding hydrogens is 240 g/mol. The van der Waals surface area contributed by atoms with Gasteiger partial charge in [-0.1, -0.05) is 19.9 Å². The van der Waals surface area contributed by atoms with Gasteiger partial charge in [0.1, 0.15) is 5.60 Å². The van der Waals surface area contributed by atoms with E-state index < -0.39 is 11.7 Å². The maximum Gasteiger partial charge on any atom is 0.428 e. The minimum atomic E-state index is -0.508. The predicted molar refractivity (Wildman–Crippen MR) is 75.9 cm³/mol. The molecular formula is C15H24N2O2. The second-order valence-electron chi connectivity index (χ2n) is 7.12. The van der Waals surface area contributed by atoms with Crippen LogP contribution in [0.15, 0.2) is 16.8 Å². The number of ether oxygens (including phenoxy) is 1. The van der Waals surface area contributed by atoms with Crippen LogP contribution in [0.2, 0.25) is 0 Å². The first-order valence-corrected chi connectivity index (χ1v) is 6.92. The first kappa shape index (κ1) is 14.1. The summed E-state index contributed by atoms with van der Waals surface area (Å²) in [4.78, 5) is 11.5. The molecule has 0 aromatic rings. The van der Waals surface area contributed by atoms with Crippen LogP contribution in [-0.4, -0.2) is 17.9 Å². The summed E-state index contributed by atoms with van der Waals surface area (Å²) < 4.78 is 5.12. The molecule has 106 valence electrons. The van der Waals surface area contributed by atoms with Crippen LogP contribution >= 0.6 is 0 Å². The van der Waals surface area contributed by atoms with Gasteiger partial charge in [-0.3, -0.25) is 0 Å². The van der Waals surface area contributed by atoms with Crippen LogP contribution in [0.1, 0.15) is 47.5 Å². The molecule has 0 saturated heterocycles. The van der Waals surface area contributed by atoms with Crippen LogP contribution in [0.4, 0.5) is 4.79 Å². The highest BCUT2D eigenvalue weighted by Gasteiger charge is 2.50. The SMILES string of the molecule is CC(C)(C)OC(=O)N/N=C\C1=CC[C@@H]2C[C@@H]1C2(C)C. The second-order valence-corrected chi connectivity index (χ2v) is 7.12. The molecule has 0 aliphatic heterocycles. The zero-order valence-corrected chi connectivity index (χ0v) is 12.5. The zero-order valence-electron chi connectivity index (χ0n) is 12.5. The lowest BCUT2D eigenvalue weighted by molar-refractivity contribution is -0.00127. The average molecular weight is 264 g/mol. The number of hydrogen-bond acceptors (Lipinski definition) is 3. The van der Waals surface area contributed by atoms with Crippen LogP contribution in [0.3, 0.4) is 0 Å². The van der Waals surface area contributed by atoms with Crippen molar-refractivity contribution in [2.75, 3.05) is 0 Å². The normalized spacial score (nSPS) is 28.6. The van der Waals surface area contributed by atoms with Gasteiger partial charge in [-0.2, -0.15) is 5.10 Å². The minimum absolute atomic E-state index is 0.377. The van der Waals surface area contributed by atoms with E-state index in [0.29, 0.717) is 11.3 Å².